The fraction of sp³-hybridized carbons (Fsp3) is 0.389. The minimum absolute atomic E-state index is 0.0854. The third-order valence-electron chi connectivity index (χ3n) is 4.25. The van der Waals surface area contributed by atoms with Crippen LogP contribution in [0.15, 0.2) is 29.5 Å². The summed E-state index contributed by atoms with van der Waals surface area (Å²) in [5.41, 5.74) is 4.44. The van der Waals surface area contributed by atoms with Gasteiger partial charge in [0.25, 0.3) is 0 Å². The lowest BCUT2D eigenvalue weighted by Gasteiger charge is -2.20. The molecule has 2 heterocycles. The number of rotatable bonds is 4. The molecule has 4 nitrogen and oxygen atoms in total. The number of aromatic nitrogens is 2. The van der Waals surface area contributed by atoms with Crippen LogP contribution in [0.25, 0.3) is 0 Å². The maximum atomic E-state index is 6.38. The Morgan fingerprint density at radius 1 is 1.29 bits per heavy atom. The van der Waals surface area contributed by atoms with Gasteiger partial charge in [-0.1, -0.05) is 30.7 Å². The number of halogens is 1. The SMILES string of the molecule is CCc1ncnc(NC(C)c2ccc3c(c2)N=C(SC)CC3)c1Cl. The molecule has 6 heteroatoms. The number of nitrogens with one attached hydrogen (secondary N) is 1. The molecule has 1 aromatic heterocycles. The van der Waals surface area contributed by atoms with Crippen LogP contribution < -0.4 is 5.32 Å². The van der Waals surface area contributed by atoms with Gasteiger partial charge in [0.2, 0.25) is 0 Å². The maximum absolute atomic E-state index is 6.38. The lowest BCUT2D eigenvalue weighted by Crippen LogP contribution is -2.10. The van der Waals surface area contributed by atoms with Crippen LogP contribution in [0, 0.1) is 0 Å². The van der Waals surface area contributed by atoms with Crippen molar-refractivity contribution in [2.24, 2.45) is 4.99 Å². The molecule has 1 aromatic carbocycles. The molecule has 126 valence electrons. The first kappa shape index (κ1) is 17.2. The molecule has 0 radical (unpaired) electrons. The average molecular weight is 361 g/mol. The second-order valence-corrected chi connectivity index (χ2v) is 7.06. The van der Waals surface area contributed by atoms with Crippen molar-refractivity contribution in [3.05, 3.63) is 46.4 Å². The van der Waals surface area contributed by atoms with E-state index in [1.54, 1.807) is 18.1 Å². The van der Waals surface area contributed by atoms with Gasteiger partial charge in [-0.25, -0.2) is 15.0 Å². The zero-order chi connectivity index (χ0) is 17.1. The van der Waals surface area contributed by atoms with Gasteiger partial charge < -0.3 is 5.32 Å². The molecule has 0 amide bonds. The van der Waals surface area contributed by atoms with Crippen LogP contribution in [-0.4, -0.2) is 21.3 Å². The van der Waals surface area contributed by atoms with Crippen LogP contribution in [0.5, 0.6) is 0 Å². The Kier molecular flexibility index (Phi) is 5.41. The number of hydrogen-bond donors (Lipinski definition) is 1. The second kappa shape index (κ2) is 7.53. The molecule has 0 saturated carbocycles. The Hall–Kier alpha value is -1.59. The monoisotopic (exact) mass is 360 g/mol. The van der Waals surface area contributed by atoms with Crippen LogP contribution >= 0.6 is 23.4 Å². The van der Waals surface area contributed by atoms with Crippen LogP contribution in [0.4, 0.5) is 11.5 Å². The van der Waals surface area contributed by atoms with Crippen molar-refractivity contribution in [2.75, 3.05) is 11.6 Å². The van der Waals surface area contributed by atoms with Crippen LogP contribution in [0.3, 0.4) is 0 Å². The molecule has 0 spiro atoms. The van der Waals surface area contributed by atoms with Crippen molar-refractivity contribution in [1.82, 2.24) is 9.97 Å². The molecule has 1 unspecified atom stereocenters. The predicted octanol–water partition coefficient (Wildman–Crippen LogP) is 5.20. The predicted molar refractivity (Wildman–Crippen MR) is 104 cm³/mol. The summed E-state index contributed by atoms with van der Waals surface area (Å²) in [7, 11) is 0. The van der Waals surface area contributed by atoms with Gasteiger partial charge >= 0.3 is 0 Å². The van der Waals surface area contributed by atoms with E-state index in [1.165, 1.54) is 16.2 Å². The standard InChI is InChI=1S/C18H21ClN4S/c1-4-14-17(19)18(21-10-20-14)22-11(2)13-6-5-12-7-8-16(24-3)23-15(12)9-13/h5-6,9-11H,4,7-8H2,1-3H3,(H,20,21,22). The summed E-state index contributed by atoms with van der Waals surface area (Å²) < 4.78 is 0. The van der Waals surface area contributed by atoms with E-state index >= 15 is 0 Å². The van der Waals surface area contributed by atoms with Crippen molar-refractivity contribution in [3.63, 3.8) is 0 Å². The van der Waals surface area contributed by atoms with E-state index in [1.807, 2.05) is 6.92 Å². The van der Waals surface area contributed by atoms with Gasteiger partial charge in [-0.3, -0.25) is 0 Å². The van der Waals surface area contributed by atoms with Crippen molar-refractivity contribution in [1.29, 1.82) is 0 Å². The molecular formula is C18H21ClN4S. The summed E-state index contributed by atoms with van der Waals surface area (Å²) in [6.45, 7) is 4.14. The van der Waals surface area contributed by atoms with E-state index < -0.39 is 0 Å². The third-order valence-corrected chi connectivity index (χ3v) is 5.41. The Morgan fingerprint density at radius 3 is 2.88 bits per heavy atom. The van der Waals surface area contributed by atoms with Crippen LogP contribution in [0.2, 0.25) is 5.02 Å². The molecule has 1 N–H and O–H groups in total. The Labute approximate surface area is 152 Å². The fourth-order valence-corrected chi connectivity index (χ4v) is 3.57. The number of benzene rings is 1. The topological polar surface area (TPSA) is 50.2 Å². The van der Waals surface area contributed by atoms with E-state index in [0.29, 0.717) is 10.8 Å². The molecule has 0 fully saturated rings. The molecule has 0 aliphatic carbocycles. The van der Waals surface area contributed by atoms with E-state index in [-0.39, 0.29) is 6.04 Å². The minimum Gasteiger partial charge on any atom is -0.362 e. The highest BCUT2D eigenvalue weighted by molar-refractivity contribution is 8.13. The highest BCUT2D eigenvalue weighted by Gasteiger charge is 2.16. The van der Waals surface area contributed by atoms with Crippen molar-refractivity contribution >= 4 is 39.9 Å². The van der Waals surface area contributed by atoms with E-state index in [4.69, 9.17) is 16.6 Å². The highest BCUT2D eigenvalue weighted by Crippen LogP contribution is 2.32. The number of aliphatic imine (C=N–C) groups is 1. The average Bonchev–Trinajstić information content (AvgIpc) is 2.62. The number of fused-ring (bicyclic) bond motifs is 1. The van der Waals surface area contributed by atoms with E-state index in [0.717, 1.165) is 30.6 Å². The largest absolute Gasteiger partial charge is 0.362 e. The van der Waals surface area contributed by atoms with E-state index in [9.17, 15) is 0 Å². The summed E-state index contributed by atoms with van der Waals surface area (Å²) in [5, 5.41) is 5.20. The van der Waals surface area contributed by atoms with Gasteiger partial charge in [-0.15, -0.1) is 11.8 Å². The summed E-state index contributed by atoms with van der Waals surface area (Å²) in [4.78, 5) is 13.2. The zero-order valence-electron chi connectivity index (χ0n) is 14.1. The van der Waals surface area contributed by atoms with Gasteiger partial charge in [0.15, 0.2) is 0 Å². The smallest absolute Gasteiger partial charge is 0.148 e. The summed E-state index contributed by atoms with van der Waals surface area (Å²) in [6, 6.07) is 6.59. The summed E-state index contributed by atoms with van der Waals surface area (Å²) in [5.74, 6) is 0.682. The third kappa shape index (κ3) is 3.57. The van der Waals surface area contributed by atoms with Crippen molar-refractivity contribution in [2.45, 2.75) is 39.2 Å². The highest BCUT2D eigenvalue weighted by atomic mass is 35.5. The van der Waals surface area contributed by atoms with Crippen molar-refractivity contribution < 1.29 is 0 Å². The minimum atomic E-state index is 0.0854. The molecule has 1 atom stereocenters. The summed E-state index contributed by atoms with van der Waals surface area (Å²) >= 11 is 8.11. The quantitative estimate of drug-likeness (QED) is 0.813. The fourth-order valence-electron chi connectivity index (χ4n) is 2.79. The number of thioether (sulfide) groups is 1. The Morgan fingerprint density at radius 2 is 2.12 bits per heavy atom. The zero-order valence-corrected chi connectivity index (χ0v) is 15.7. The molecule has 3 rings (SSSR count). The molecular weight excluding hydrogens is 340 g/mol. The van der Waals surface area contributed by atoms with Gasteiger partial charge in [-0.2, -0.15) is 0 Å². The molecule has 0 saturated heterocycles. The molecule has 24 heavy (non-hydrogen) atoms. The first-order valence-electron chi connectivity index (χ1n) is 8.12. The van der Waals surface area contributed by atoms with Crippen LogP contribution in [-0.2, 0) is 12.8 Å². The van der Waals surface area contributed by atoms with Gasteiger partial charge in [0, 0.05) is 0 Å². The number of hydrogen-bond acceptors (Lipinski definition) is 5. The lowest BCUT2D eigenvalue weighted by atomic mass is 10.00. The molecule has 0 bridgehead atoms. The second-order valence-electron chi connectivity index (χ2n) is 5.80. The first-order valence-corrected chi connectivity index (χ1v) is 9.73. The van der Waals surface area contributed by atoms with E-state index in [2.05, 4.69) is 46.7 Å². The lowest BCUT2D eigenvalue weighted by molar-refractivity contribution is 0.863. The van der Waals surface area contributed by atoms with Gasteiger partial charge in [0.1, 0.15) is 17.2 Å². The molecule has 1 aliphatic heterocycles. The Bertz CT molecular complexity index is 776. The number of anilines is 1. The summed E-state index contributed by atoms with van der Waals surface area (Å²) in [6.07, 6.45) is 6.53. The Balaban J connectivity index is 1.84. The normalized spacial score (nSPS) is 14.8. The first-order chi connectivity index (χ1) is 11.6. The number of aryl methyl sites for hydroxylation is 2. The van der Waals surface area contributed by atoms with Crippen molar-refractivity contribution in [3.8, 4) is 0 Å². The maximum Gasteiger partial charge on any atom is 0.148 e. The molecule has 1 aliphatic rings. The van der Waals surface area contributed by atoms with Crippen LogP contribution in [0.1, 0.15) is 43.1 Å². The molecule has 2 aromatic rings. The number of nitrogens with zero attached hydrogens (tertiary/aromatic N) is 3. The van der Waals surface area contributed by atoms with Gasteiger partial charge in [-0.05, 0) is 49.6 Å². The van der Waals surface area contributed by atoms with Gasteiger partial charge in [0.05, 0.1) is 22.5 Å².